The molecule has 1 aromatic rings. The van der Waals surface area contributed by atoms with Crippen molar-refractivity contribution >= 4 is 11.6 Å². The molecule has 5 nitrogen and oxygen atoms in total. The summed E-state index contributed by atoms with van der Waals surface area (Å²) in [6.45, 7) is 3.39. The number of benzene rings is 1. The van der Waals surface area contributed by atoms with Crippen LogP contribution in [0.4, 0.5) is 5.69 Å². The van der Waals surface area contributed by atoms with Gasteiger partial charge in [-0.2, -0.15) is 0 Å². The molecular weight excluding hydrogens is 270 g/mol. The maximum atomic E-state index is 12.3. The highest BCUT2D eigenvalue weighted by Gasteiger charge is 2.31. The fourth-order valence-electron chi connectivity index (χ4n) is 1.68. The second-order valence-electron chi connectivity index (χ2n) is 4.62. The Hall–Kier alpha value is -2.03. The predicted octanol–water partition coefficient (Wildman–Crippen LogP) is 1.79. The van der Waals surface area contributed by atoms with Crippen LogP contribution in [0, 0.1) is 11.8 Å². The van der Waals surface area contributed by atoms with Crippen molar-refractivity contribution in [2.45, 2.75) is 25.9 Å². The van der Waals surface area contributed by atoms with E-state index in [4.69, 9.17) is 14.6 Å². The van der Waals surface area contributed by atoms with Gasteiger partial charge in [0.25, 0.3) is 5.91 Å². The Balaban J connectivity index is 3.08. The molecule has 1 aromatic carbocycles. The van der Waals surface area contributed by atoms with E-state index in [2.05, 4.69) is 17.2 Å². The monoisotopic (exact) mass is 291 g/mol. The zero-order valence-corrected chi connectivity index (χ0v) is 12.8. The molecule has 0 aliphatic rings. The van der Waals surface area contributed by atoms with Gasteiger partial charge in [-0.05, 0) is 31.5 Å². The quantitative estimate of drug-likeness (QED) is 0.812. The van der Waals surface area contributed by atoms with Crippen LogP contribution in [-0.2, 0) is 9.53 Å². The highest BCUT2D eigenvalue weighted by atomic mass is 16.5. The molecule has 21 heavy (non-hydrogen) atoms. The summed E-state index contributed by atoms with van der Waals surface area (Å²) in [5, 5.41) is 11.5. The molecule has 0 radical (unpaired) electrons. The molecule has 0 bridgehead atoms. The molecule has 1 amide bonds. The zero-order valence-electron chi connectivity index (χ0n) is 12.8. The minimum Gasteiger partial charge on any atom is -0.495 e. The van der Waals surface area contributed by atoms with Gasteiger partial charge >= 0.3 is 0 Å². The van der Waals surface area contributed by atoms with E-state index >= 15 is 0 Å². The molecule has 2 N–H and O–H groups in total. The van der Waals surface area contributed by atoms with E-state index < -0.39 is 5.60 Å². The first-order valence-corrected chi connectivity index (χ1v) is 6.65. The van der Waals surface area contributed by atoms with Crippen LogP contribution in [0.1, 0.15) is 25.8 Å². The van der Waals surface area contributed by atoms with Crippen molar-refractivity contribution in [3.8, 4) is 17.6 Å². The zero-order chi connectivity index (χ0) is 15.9. The molecule has 0 saturated carbocycles. The molecule has 0 heterocycles. The van der Waals surface area contributed by atoms with Crippen LogP contribution in [0.25, 0.3) is 0 Å². The number of hydrogen-bond donors (Lipinski definition) is 2. The standard InChI is InChI=1S/C16H21NO4/c1-5-16(2,21-4)15(19)17-13-11-12(7-6-10-18)8-9-14(13)20-3/h8-9,11,18H,5,10H2,1-4H3,(H,17,19). The maximum Gasteiger partial charge on any atom is 0.256 e. The van der Waals surface area contributed by atoms with Gasteiger partial charge in [-0.15, -0.1) is 0 Å². The minimum atomic E-state index is -0.905. The Morgan fingerprint density at radius 1 is 1.43 bits per heavy atom. The van der Waals surface area contributed by atoms with Gasteiger partial charge in [0.05, 0.1) is 12.8 Å². The van der Waals surface area contributed by atoms with Gasteiger partial charge in [-0.25, -0.2) is 0 Å². The molecule has 1 atom stereocenters. The molecule has 0 aliphatic carbocycles. The first-order valence-electron chi connectivity index (χ1n) is 6.65. The number of anilines is 1. The molecule has 0 aliphatic heterocycles. The number of rotatable bonds is 5. The predicted molar refractivity (Wildman–Crippen MR) is 81.3 cm³/mol. The van der Waals surface area contributed by atoms with Gasteiger partial charge in [0.1, 0.15) is 18.0 Å². The summed E-state index contributed by atoms with van der Waals surface area (Å²) in [5.74, 6) is 5.63. The second-order valence-corrected chi connectivity index (χ2v) is 4.62. The van der Waals surface area contributed by atoms with Crippen LogP contribution in [0.15, 0.2) is 18.2 Å². The molecule has 0 aromatic heterocycles. The highest BCUT2D eigenvalue weighted by Crippen LogP contribution is 2.27. The van der Waals surface area contributed by atoms with E-state index in [9.17, 15) is 4.79 Å². The highest BCUT2D eigenvalue weighted by molar-refractivity contribution is 5.98. The van der Waals surface area contributed by atoms with Gasteiger partial charge in [0, 0.05) is 12.7 Å². The molecule has 1 unspecified atom stereocenters. The summed E-state index contributed by atoms with van der Waals surface area (Å²) >= 11 is 0. The number of nitrogens with one attached hydrogen (secondary N) is 1. The Morgan fingerprint density at radius 3 is 2.67 bits per heavy atom. The van der Waals surface area contributed by atoms with Crippen LogP contribution in [0.5, 0.6) is 5.75 Å². The van der Waals surface area contributed by atoms with Crippen molar-refractivity contribution in [3.63, 3.8) is 0 Å². The third-order valence-corrected chi connectivity index (χ3v) is 3.36. The number of aliphatic hydroxyl groups excluding tert-OH is 1. The van der Waals surface area contributed by atoms with Crippen LogP contribution in [-0.4, -0.2) is 37.4 Å². The fourth-order valence-corrected chi connectivity index (χ4v) is 1.68. The van der Waals surface area contributed by atoms with Crippen molar-refractivity contribution in [1.29, 1.82) is 0 Å². The largest absolute Gasteiger partial charge is 0.495 e. The summed E-state index contributed by atoms with van der Waals surface area (Å²) in [5.41, 5.74) is 0.289. The molecule has 0 saturated heterocycles. The van der Waals surface area contributed by atoms with Crippen LogP contribution in [0.3, 0.4) is 0 Å². The number of ether oxygens (including phenoxy) is 2. The Bertz CT molecular complexity index is 553. The molecule has 114 valence electrons. The molecule has 5 heteroatoms. The van der Waals surface area contributed by atoms with Gasteiger partial charge in [0.2, 0.25) is 0 Å². The SMILES string of the molecule is CCC(C)(OC)C(=O)Nc1cc(C#CCO)ccc1OC. The first-order chi connectivity index (χ1) is 10.0. The fraction of sp³-hybridized carbons (Fsp3) is 0.438. The Morgan fingerprint density at radius 2 is 2.14 bits per heavy atom. The summed E-state index contributed by atoms with van der Waals surface area (Å²) in [7, 11) is 3.03. The number of hydrogen-bond acceptors (Lipinski definition) is 4. The lowest BCUT2D eigenvalue weighted by atomic mass is 10.0. The maximum absolute atomic E-state index is 12.3. The lowest BCUT2D eigenvalue weighted by Gasteiger charge is -2.25. The van der Waals surface area contributed by atoms with E-state index in [1.54, 1.807) is 25.1 Å². The van der Waals surface area contributed by atoms with Crippen molar-refractivity contribution in [3.05, 3.63) is 23.8 Å². The molecular formula is C16H21NO4. The summed E-state index contributed by atoms with van der Waals surface area (Å²) < 4.78 is 10.5. The Labute approximate surface area is 125 Å². The van der Waals surface area contributed by atoms with E-state index in [1.165, 1.54) is 14.2 Å². The first kappa shape index (κ1) is 17.0. The van der Waals surface area contributed by atoms with E-state index in [1.807, 2.05) is 6.92 Å². The molecule has 0 spiro atoms. The lowest BCUT2D eigenvalue weighted by molar-refractivity contribution is -0.136. The topological polar surface area (TPSA) is 67.8 Å². The molecule has 1 rings (SSSR count). The second kappa shape index (κ2) is 7.67. The average molecular weight is 291 g/mol. The number of amides is 1. The lowest BCUT2D eigenvalue weighted by Crippen LogP contribution is -2.41. The van der Waals surface area contributed by atoms with Crippen molar-refractivity contribution in [2.75, 3.05) is 26.1 Å². The van der Waals surface area contributed by atoms with Gasteiger partial charge < -0.3 is 19.9 Å². The van der Waals surface area contributed by atoms with Crippen molar-refractivity contribution in [1.82, 2.24) is 0 Å². The summed E-state index contributed by atoms with van der Waals surface area (Å²) in [6, 6.07) is 5.17. The van der Waals surface area contributed by atoms with E-state index in [0.717, 1.165) is 0 Å². The number of carbonyl (C=O) groups excluding carboxylic acids is 1. The third kappa shape index (κ3) is 4.22. The Kier molecular flexibility index (Phi) is 6.22. The van der Waals surface area contributed by atoms with Crippen molar-refractivity contribution < 1.29 is 19.4 Å². The minimum absolute atomic E-state index is 0.217. The normalized spacial score (nSPS) is 12.8. The van der Waals surface area contributed by atoms with Crippen molar-refractivity contribution in [2.24, 2.45) is 0 Å². The summed E-state index contributed by atoms with van der Waals surface area (Å²) in [6.07, 6.45) is 0.543. The number of carbonyl (C=O) groups is 1. The third-order valence-electron chi connectivity index (χ3n) is 3.36. The number of aliphatic hydroxyl groups is 1. The van der Waals surface area contributed by atoms with E-state index in [-0.39, 0.29) is 12.5 Å². The van der Waals surface area contributed by atoms with Gasteiger partial charge in [0.15, 0.2) is 0 Å². The van der Waals surface area contributed by atoms with Crippen LogP contribution >= 0.6 is 0 Å². The summed E-state index contributed by atoms with van der Waals surface area (Å²) in [4.78, 5) is 12.3. The molecule has 0 fully saturated rings. The smallest absolute Gasteiger partial charge is 0.256 e. The average Bonchev–Trinajstić information content (AvgIpc) is 2.52. The van der Waals surface area contributed by atoms with Crippen LogP contribution < -0.4 is 10.1 Å². The van der Waals surface area contributed by atoms with Crippen LogP contribution in [0.2, 0.25) is 0 Å². The number of methoxy groups -OCH3 is 2. The van der Waals surface area contributed by atoms with Gasteiger partial charge in [-0.3, -0.25) is 4.79 Å². The van der Waals surface area contributed by atoms with E-state index in [0.29, 0.717) is 23.4 Å². The van der Waals surface area contributed by atoms with Gasteiger partial charge in [-0.1, -0.05) is 18.8 Å².